The minimum absolute atomic E-state index is 0.0857. The molecule has 0 aromatic heterocycles. The first-order valence-corrected chi connectivity index (χ1v) is 5.98. The summed E-state index contributed by atoms with van der Waals surface area (Å²) in [6.07, 6.45) is -3.52. The molecule has 108 valence electrons. The first-order chi connectivity index (χ1) is 8.87. The molecule has 0 radical (unpaired) electrons. The van der Waals surface area contributed by atoms with E-state index < -0.39 is 12.8 Å². The van der Waals surface area contributed by atoms with Crippen molar-refractivity contribution < 1.29 is 22.6 Å². The molecule has 6 heteroatoms. The first kappa shape index (κ1) is 15.8. The molecule has 0 aliphatic carbocycles. The number of benzene rings is 1. The van der Waals surface area contributed by atoms with Gasteiger partial charge in [-0.1, -0.05) is 12.1 Å². The van der Waals surface area contributed by atoms with Crippen molar-refractivity contribution in [1.29, 1.82) is 0 Å². The van der Waals surface area contributed by atoms with Crippen molar-refractivity contribution in [3.8, 4) is 5.75 Å². The van der Waals surface area contributed by atoms with Gasteiger partial charge in [0.25, 0.3) is 0 Å². The largest absolute Gasteiger partial charge is 0.491 e. The molecule has 0 saturated carbocycles. The van der Waals surface area contributed by atoms with Gasteiger partial charge >= 0.3 is 6.18 Å². The van der Waals surface area contributed by atoms with Crippen molar-refractivity contribution >= 4 is 0 Å². The van der Waals surface area contributed by atoms with E-state index in [1.807, 2.05) is 19.1 Å². The second-order valence-corrected chi connectivity index (χ2v) is 4.34. The molecule has 0 aliphatic rings. The number of ether oxygens (including phenoxy) is 2. The molecule has 0 fully saturated rings. The summed E-state index contributed by atoms with van der Waals surface area (Å²) in [5.41, 5.74) is 6.76. The smallest absolute Gasteiger partial charge is 0.411 e. The molecule has 0 bridgehead atoms. The third-order valence-corrected chi connectivity index (χ3v) is 2.24. The molecule has 0 amide bonds. The molecular weight excluding hydrogens is 259 g/mol. The SMILES string of the molecule is CC(N)Cc1ccc(OCCOCC(F)(F)F)cc1. The van der Waals surface area contributed by atoms with Gasteiger partial charge in [-0.05, 0) is 31.0 Å². The Morgan fingerprint density at radius 1 is 1.16 bits per heavy atom. The molecule has 19 heavy (non-hydrogen) atoms. The summed E-state index contributed by atoms with van der Waals surface area (Å²) < 4.78 is 45.0. The molecule has 0 saturated heterocycles. The van der Waals surface area contributed by atoms with Crippen LogP contribution in [-0.4, -0.2) is 32.0 Å². The number of halogens is 3. The second-order valence-electron chi connectivity index (χ2n) is 4.34. The lowest BCUT2D eigenvalue weighted by atomic mass is 10.1. The number of hydrogen-bond acceptors (Lipinski definition) is 3. The Morgan fingerprint density at radius 3 is 2.32 bits per heavy atom. The molecule has 2 N–H and O–H groups in total. The zero-order valence-electron chi connectivity index (χ0n) is 10.7. The molecule has 1 aromatic rings. The van der Waals surface area contributed by atoms with Crippen LogP contribution in [0.3, 0.4) is 0 Å². The molecule has 1 atom stereocenters. The van der Waals surface area contributed by atoms with Gasteiger partial charge in [0.2, 0.25) is 0 Å². The van der Waals surface area contributed by atoms with Crippen LogP contribution in [0.1, 0.15) is 12.5 Å². The molecule has 1 unspecified atom stereocenters. The topological polar surface area (TPSA) is 44.5 Å². The maximum atomic E-state index is 11.8. The average molecular weight is 277 g/mol. The zero-order chi connectivity index (χ0) is 14.3. The summed E-state index contributed by atoms with van der Waals surface area (Å²) in [6, 6.07) is 7.38. The standard InChI is InChI=1S/C13H18F3NO2/c1-10(17)8-11-2-4-12(5-3-11)19-7-6-18-9-13(14,15)16/h2-5,10H,6-9,17H2,1H3. The van der Waals surface area contributed by atoms with Crippen LogP contribution < -0.4 is 10.5 Å². The van der Waals surface area contributed by atoms with Crippen LogP contribution in [0, 0.1) is 0 Å². The van der Waals surface area contributed by atoms with E-state index in [-0.39, 0.29) is 19.3 Å². The third kappa shape index (κ3) is 7.69. The first-order valence-electron chi connectivity index (χ1n) is 5.98. The van der Waals surface area contributed by atoms with Crippen molar-refractivity contribution in [2.45, 2.75) is 25.6 Å². The Hall–Kier alpha value is -1.27. The molecule has 0 aliphatic heterocycles. The van der Waals surface area contributed by atoms with Gasteiger partial charge in [0.15, 0.2) is 0 Å². The minimum atomic E-state index is -4.29. The predicted molar refractivity (Wildman–Crippen MR) is 66.2 cm³/mol. The van der Waals surface area contributed by atoms with E-state index in [1.165, 1.54) is 0 Å². The van der Waals surface area contributed by atoms with E-state index in [0.29, 0.717) is 5.75 Å². The Kier molecular flexibility index (Phi) is 6.11. The minimum Gasteiger partial charge on any atom is -0.491 e. The van der Waals surface area contributed by atoms with Gasteiger partial charge in [-0.3, -0.25) is 0 Å². The van der Waals surface area contributed by atoms with Crippen LogP contribution in [0.4, 0.5) is 13.2 Å². The van der Waals surface area contributed by atoms with Crippen LogP contribution >= 0.6 is 0 Å². The highest BCUT2D eigenvalue weighted by Crippen LogP contribution is 2.15. The van der Waals surface area contributed by atoms with Crippen molar-refractivity contribution in [3.63, 3.8) is 0 Å². The average Bonchev–Trinajstić information content (AvgIpc) is 2.28. The Labute approximate surface area is 110 Å². The lowest BCUT2D eigenvalue weighted by molar-refractivity contribution is -0.175. The van der Waals surface area contributed by atoms with Crippen LogP contribution in [0.5, 0.6) is 5.75 Å². The number of alkyl halides is 3. The van der Waals surface area contributed by atoms with E-state index in [1.54, 1.807) is 12.1 Å². The van der Waals surface area contributed by atoms with Gasteiger partial charge in [-0.15, -0.1) is 0 Å². The Morgan fingerprint density at radius 2 is 1.79 bits per heavy atom. The summed E-state index contributed by atoms with van der Waals surface area (Å²) in [4.78, 5) is 0. The number of nitrogens with two attached hydrogens (primary N) is 1. The predicted octanol–water partition coefficient (Wildman–Crippen LogP) is 2.53. The van der Waals surface area contributed by atoms with Crippen LogP contribution in [0.2, 0.25) is 0 Å². The fraction of sp³-hybridized carbons (Fsp3) is 0.538. The van der Waals surface area contributed by atoms with Gasteiger partial charge in [0.05, 0.1) is 6.61 Å². The van der Waals surface area contributed by atoms with E-state index in [9.17, 15) is 13.2 Å². The lowest BCUT2D eigenvalue weighted by Crippen LogP contribution is -2.19. The zero-order valence-corrected chi connectivity index (χ0v) is 10.7. The van der Waals surface area contributed by atoms with Crippen LogP contribution in [0.25, 0.3) is 0 Å². The lowest BCUT2D eigenvalue weighted by Gasteiger charge is -2.10. The maximum Gasteiger partial charge on any atom is 0.411 e. The summed E-state index contributed by atoms with van der Waals surface area (Å²) in [6.45, 7) is 0.663. The van der Waals surface area contributed by atoms with Crippen LogP contribution in [0.15, 0.2) is 24.3 Å². The van der Waals surface area contributed by atoms with Gasteiger partial charge in [0.1, 0.15) is 19.0 Å². The van der Waals surface area contributed by atoms with E-state index in [4.69, 9.17) is 10.5 Å². The second kappa shape index (κ2) is 7.35. The summed E-state index contributed by atoms with van der Waals surface area (Å²) in [5.74, 6) is 0.601. The van der Waals surface area contributed by atoms with Crippen molar-refractivity contribution in [3.05, 3.63) is 29.8 Å². The van der Waals surface area contributed by atoms with E-state index in [0.717, 1.165) is 12.0 Å². The summed E-state index contributed by atoms with van der Waals surface area (Å²) in [5, 5.41) is 0. The highest BCUT2D eigenvalue weighted by atomic mass is 19.4. The van der Waals surface area contributed by atoms with Crippen molar-refractivity contribution in [1.82, 2.24) is 0 Å². The Balaban J connectivity index is 2.23. The van der Waals surface area contributed by atoms with E-state index in [2.05, 4.69) is 4.74 Å². The quantitative estimate of drug-likeness (QED) is 0.779. The molecule has 0 heterocycles. The van der Waals surface area contributed by atoms with Crippen molar-refractivity contribution in [2.24, 2.45) is 5.73 Å². The maximum absolute atomic E-state index is 11.8. The number of hydrogen-bond donors (Lipinski definition) is 1. The molecule has 0 spiro atoms. The molecular formula is C13H18F3NO2. The highest BCUT2D eigenvalue weighted by Gasteiger charge is 2.27. The monoisotopic (exact) mass is 277 g/mol. The van der Waals surface area contributed by atoms with Crippen molar-refractivity contribution in [2.75, 3.05) is 19.8 Å². The Bertz CT molecular complexity index is 363. The third-order valence-electron chi connectivity index (χ3n) is 2.24. The summed E-state index contributed by atoms with van der Waals surface area (Å²) >= 11 is 0. The summed E-state index contributed by atoms with van der Waals surface area (Å²) in [7, 11) is 0. The molecule has 3 nitrogen and oxygen atoms in total. The fourth-order valence-electron chi connectivity index (χ4n) is 1.50. The van der Waals surface area contributed by atoms with Gasteiger partial charge in [-0.2, -0.15) is 13.2 Å². The molecule has 1 aromatic carbocycles. The fourth-order valence-corrected chi connectivity index (χ4v) is 1.50. The molecule has 1 rings (SSSR count). The van der Waals surface area contributed by atoms with Gasteiger partial charge < -0.3 is 15.2 Å². The van der Waals surface area contributed by atoms with Gasteiger partial charge in [-0.25, -0.2) is 0 Å². The van der Waals surface area contributed by atoms with E-state index >= 15 is 0 Å². The normalized spacial score (nSPS) is 13.3. The number of rotatable bonds is 7. The highest BCUT2D eigenvalue weighted by molar-refractivity contribution is 5.27. The van der Waals surface area contributed by atoms with Crippen LogP contribution in [-0.2, 0) is 11.2 Å². The van der Waals surface area contributed by atoms with Gasteiger partial charge in [0, 0.05) is 6.04 Å².